The van der Waals surface area contributed by atoms with Gasteiger partial charge < -0.3 is 9.84 Å². The van der Waals surface area contributed by atoms with Crippen molar-refractivity contribution >= 4 is 5.97 Å². The first kappa shape index (κ1) is 14.3. The lowest BCUT2D eigenvalue weighted by Crippen LogP contribution is -2.30. The maximum atomic E-state index is 11.4. The number of nitrogens with zero attached hydrogens (tertiary/aromatic N) is 1. The highest BCUT2D eigenvalue weighted by molar-refractivity contribution is 5.71. The molecule has 1 rings (SSSR count). The Morgan fingerprint density at radius 3 is 2.94 bits per heavy atom. The van der Waals surface area contributed by atoms with Gasteiger partial charge in [-0.05, 0) is 24.6 Å². The van der Waals surface area contributed by atoms with Gasteiger partial charge >= 0.3 is 5.97 Å². The summed E-state index contributed by atoms with van der Waals surface area (Å²) in [4.78, 5) is 13.3. The fraction of sp³-hybridized carbons (Fsp3) is 0.357. The number of carbonyl (C=O) groups excluding carboxylic acids is 1. The molecule has 4 nitrogen and oxygen atoms in total. The molecule has 0 spiro atoms. The van der Waals surface area contributed by atoms with Gasteiger partial charge in [0.2, 0.25) is 0 Å². The fourth-order valence-electron chi connectivity index (χ4n) is 1.67. The van der Waals surface area contributed by atoms with E-state index in [4.69, 9.17) is 4.74 Å². The second kappa shape index (κ2) is 7.50. The van der Waals surface area contributed by atoms with Gasteiger partial charge in [-0.1, -0.05) is 18.2 Å². The fourth-order valence-corrected chi connectivity index (χ4v) is 1.67. The molecule has 0 atom stereocenters. The molecule has 0 aliphatic carbocycles. The highest BCUT2D eigenvalue weighted by Crippen LogP contribution is 2.13. The second-order valence-corrected chi connectivity index (χ2v) is 3.93. The average Bonchev–Trinajstić information content (AvgIpc) is 2.29. The van der Waals surface area contributed by atoms with E-state index in [1.807, 2.05) is 11.0 Å². The molecule has 98 valence electrons. The lowest BCUT2D eigenvalue weighted by Gasteiger charge is -2.19. The number of phenolic OH excluding ortho intramolecular Hbond substituents is 1. The Kier molecular flexibility index (Phi) is 5.94. The van der Waals surface area contributed by atoms with E-state index in [2.05, 4.69) is 6.58 Å². The Bertz CT molecular complexity index is 404. The molecule has 0 aliphatic rings. The first-order valence-electron chi connectivity index (χ1n) is 5.92. The van der Waals surface area contributed by atoms with Gasteiger partial charge in [-0.25, -0.2) is 0 Å². The van der Waals surface area contributed by atoms with Gasteiger partial charge in [0.1, 0.15) is 5.75 Å². The lowest BCUT2D eigenvalue weighted by molar-refractivity contribution is -0.144. The number of aromatic hydroxyl groups is 1. The third-order valence-corrected chi connectivity index (χ3v) is 2.36. The molecular weight excluding hydrogens is 230 g/mol. The van der Waals surface area contributed by atoms with Crippen LogP contribution < -0.4 is 0 Å². The highest BCUT2D eigenvalue weighted by Gasteiger charge is 2.10. The maximum Gasteiger partial charge on any atom is 0.320 e. The summed E-state index contributed by atoms with van der Waals surface area (Å²) in [5.74, 6) is -0.0262. The third-order valence-electron chi connectivity index (χ3n) is 2.36. The Morgan fingerprint density at radius 1 is 1.56 bits per heavy atom. The predicted octanol–water partition coefficient (Wildman–Crippen LogP) is 1.94. The monoisotopic (exact) mass is 249 g/mol. The van der Waals surface area contributed by atoms with E-state index in [1.54, 1.807) is 31.2 Å². The van der Waals surface area contributed by atoms with E-state index in [0.29, 0.717) is 19.7 Å². The van der Waals surface area contributed by atoms with Gasteiger partial charge in [0.05, 0.1) is 13.2 Å². The van der Waals surface area contributed by atoms with Gasteiger partial charge in [0.15, 0.2) is 0 Å². The minimum atomic E-state index is -0.250. The van der Waals surface area contributed by atoms with Crippen LogP contribution in [0.4, 0.5) is 0 Å². The van der Waals surface area contributed by atoms with Crippen molar-refractivity contribution in [2.75, 3.05) is 19.7 Å². The van der Waals surface area contributed by atoms with Gasteiger partial charge in [0.25, 0.3) is 0 Å². The van der Waals surface area contributed by atoms with Crippen molar-refractivity contribution in [1.82, 2.24) is 4.90 Å². The zero-order valence-corrected chi connectivity index (χ0v) is 10.6. The zero-order valence-electron chi connectivity index (χ0n) is 10.6. The molecule has 0 radical (unpaired) electrons. The molecule has 0 unspecified atom stereocenters. The molecule has 0 amide bonds. The Balaban J connectivity index is 2.62. The molecule has 0 fully saturated rings. The van der Waals surface area contributed by atoms with Gasteiger partial charge in [-0.2, -0.15) is 0 Å². The quantitative estimate of drug-likeness (QED) is 0.592. The molecule has 1 N–H and O–H groups in total. The third kappa shape index (κ3) is 5.01. The molecule has 1 aromatic carbocycles. The molecule has 4 heteroatoms. The van der Waals surface area contributed by atoms with E-state index in [9.17, 15) is 9.90 Å². The highest BCUT2D eigenvalue weighted by atomic mass is 16.5. The van der Waals surface area contributed by atoms with Crippen molar-refractivity contribution in [3.05, 3.63) is 42.5 Å². The summed E-state index contributed by atoms with van der Waals surface area (Å²) < 4.78 is 4.92. The lowest BCUT2D eigenvalue weighted by atomic mass is 10.2. The van der Waals surface area contributed by atoms with E-state index in [-0.39, 0.29) is 18.3 Å². The van der Waals surface area contributed by atoms with Gasteiger partial charge in [0, 0.05) is 13.1 Å². The Labute approximate surface area is 107 Å². The minimum absolute atomic E-state index is 0.218. The molecule has 0 aromatic heterocycles. The van der Waals surface area contributed by atoms with Crippen molar-refractivity contribution in [3.63, 3.8) is 0 Å². The maximum absolute atomic E-state index is 11.4. The summed E-state index contributed by atoms with van der Waals surface area (Å²) in [5.41, 5.74) is 0.946. The van der Waals surface area contributed by atoms with Crippen molar-refractivity contribution in [1.29, 1.82) is 0 Å². The Morgan fingerprint density at radius 2 is 2.33 bits per heavy atom. The van der Waals surface area contributed by atoms with Crippen molar-refractivity contribution in [2.45, 2.75) is 13.5 Å². The molecule has 1 aromatic rings. The van der Waals surface area contributed by atoms with Gasteiger partial charge in [-0.3, -0.25) is 9.69 Å². The molecular formula is C14H19NO3. The summed E-state index contributed by atoms with van der Waals surface area (Å²) in [5, 5.41) is 9.39. The summed E-state index contributed by atoms with van der Waals surface area (Å²) in [6.07, 6.45) is 1.74. The van der Waals surface area contributed by atoms with E-state index >= 15 is 0 Å². The van der Waals surface area contributed by atoms with Crippen LogP contribution in [0, 0.1) is 0 Å². The van der Waals surface area contributed by atoms with Crippen LogP contribution in [0.2, 0.25) is 0 Å². The van der Waals surface area contributed by atoms with Crippen LogP contribution in [0.3, 0.4) is 0 Å². The van der Waals surface area contributed by atoms with Crippen LogP contribution >= 0.6 is 0 Å². The number of ether oxygens (including phenoxy) is 1. The normalized spacial score (nSPS) is 10.3. The van der Waals surface area contributed by atoms with Crippen LogP contribution in [-0.2, 0) is 16.1 Å². The molecule has 0 saturated heterocycles. The molecule has 0 saturated carbocycles. The first-order valence-corrected chi connectivity index (χ1v) is 5.92. The zero-order chi connectivity index (χ0) is 13.4. The standard InChI is InChI=1S/C14H19NO3/c1-3-8-15(11-14(17)18-4-2)10-12-6-5-7-13(16)9-12/h3,5-7,9,16H,1,4,8,10-11H2,2H3. The van der Waals surface area contributed by atoms with Crippen LogP contribution in [0.1, 0.15) is 12.5 Å². The average molecular weight is 249 g/mol. The van der Waals surface area contributed by atoms with Gasteiger partial charge in [-0.15, -0.1) is 6.58 Å². The summed E-state index contributed by atoms with van der Waals surface area (Å²) in [6.45, 7) is 7.21. The molecule has 0 bridgehead atoms. The smallest absolute Gasteiger partial charge is 0.320 e. The largest absolute Gasteiger partial charge is 0.508 e. The number of benzene rings is 1. The Hall–Kier alpha value is -1.81. The number of hydrogen-bond acceptors (Lipinski definition) is 4. The van der Waals surface area contributed by atoms with E-state index < -0.39 is 0 Å². The van der Waals surface area contributed by atoms with Crippen LogP contribution in [0.25, 0.3) is 0 Å². The van der Waals surface area contributed by atoms with Crippen LogP contribution in [0.5, 0.6) is 5.75 Å². The summed E-state index contributed by atoms with van der Waals surface area (Å²) in [6, 6.07) is 6.98. The number of rotatable bonds is 7. The van der Waals surface area contributed by atoms with Crippen molar-refractivity contribution in [3.8, 4) is 5.75 Å². The van der Waals surface area contributed by atoms with Crippen LogP contribution in [0.15, 0.2) is 36.9 Å². The molecule has 0 heterocycles. The predicted molar refractivity (Wildman–Crippen MR) is 70.2 cm³/mol. The summed E-state index contributed by atoms with van der Waals surface area (Å²) in [7, 11) is 0. The number of phenols is 1. The minimum Gasteiger partial charge on any atom is -0.508 e. The number of esters is 1. The first-order chi connectivity index (χ1) is 8.65. The van der Waals surface area contributed by atoms with E-state index in [0.717, 1.165) is 5.56 Å². The van der Waals surface area contributed by atoms with Crippen molar-refractivity contribution in [2.24, 2.45) is 0 Å². The number of hydrogen-bond donors (Lipinski definition) is 1. The molecule has 18 heavy (non-hydrogen) atoms. The summed E-state index contributed by atoms with van der Waals surface area (Å²) >= 11 is 0. The second-order valence-electron chi connectivity index (χ2n) is 3.93. The number of carbonyl (C=O) groups is 1. The van der Waals surface area contributed by atoms with Crippen molar-refractivity contribution < 1.29 is 14.6 Å². The van der Waals surface area contributed by atoms with E-state index in [1.165, 1.54) is 0 Å². The topological polar surface area (TPSA) is 49.8 Å². The molecule has 0 aliphatic heterocycles. The van der Waals surface area contributed by atoms with Crippen LogP contribution in [-0.4, -0.2) is 35.7 Å². The SMILES string of the molecule is C=CCN(CC(=O)OCC)Cc1cccc(O)c1.